The quantitative estimate of drug-likeness (QED) is 0.550. The molecular weight excluding hydrogens is 457 g/mol. The van der Waals surface area contributed by atoms with Gasteiger partial charge in [-0.2, -0.15) is 5.10 Å². The highest BCUT2D eigenvalue weighted by molar-refractivity contribution is 5.92. The maximum absolute atomic E-state index is 14.7. The van der Waals surface area contributed by atoms with Crippen molar-refractivity contribution in [3.05, 3.63) is 53.1 Å². The number of piperazine rings is 1. The number of carbonyl (C=O) groups is 1. The van der Waals surface area contributed by atoms with E-state index in [0.29, 0.717) is 48.6 Å². The van der Waals surface area contributed by atoms with Gasteiger partial charge in [0.1, 0.15) is 5.82 Å². The molecule has 1 saturated heterocycles. The van der Waals surface area contributed by atoms with Crippen LogP contribution in [0.2, 0.25) is 0 Å². The molecule has 184 valence electrons. The van der Waals surface area contributed by atoms with Crippen molar-refractivity contribution in [2.75, 3.05) is 36.4 Å². The molecule has 5 rings (SSSR count). The summed E-state index contributed by atoms with van der Waals surface area (Å²) in [6.07, 6.45) is 0.889. The second-order valence-electron chi connectivity index (χ2n) is 9.23. The zero-order chi connectivity index (χ0) is 24.7. The zero-order valence-corrected chi connectivity index (χ0v) is 19.6. The molecule has 0 bridgehead atoms. The van der Waals surface area contributed by atoms with Gasteiger partial charge in [-0.05, 0) is 32.8 Å². The largest absolute Gasteiger partial charge is 0.367 e. The maximum atomic E-state index is 14.7. The topological polar surface area (TPSA) is 74.2 Å². The molecule has 2 aromatic heterocycles. The van der Waals surface area contributed by atoms with Crippen LogP contribution >= 0.6 is 0 Å². The molecule has 0 unspecified atom stereocenters. The van der Waals surface area contributed by atoms with Crippen molar-refractivity contribution in [3.8, 4) is 0 Å². The van der Waals surface area contributed by atoms with Crippen molar-refractivity contribution in [2.24, 2.45) is 5.92 Å². The Morgan fingerprint density at radius 1 is 1.11 bits per heavy atom. The molecule has 0 spiro atoms. The molecule has 1 N–H and O–H groups in total. The number of alkyl halides is 2. The lowest BCUT2D eigenvalue weighted by atomic mass is 10.0. The summed E-state index contributed by atoms with van der Waals surface area (Å²) in [4.78, 5) is 21.1. The highest BCUT2D eigenvalue weighted by Gasteiger charge is 2.34. The number of aromatic nitrogens is 3. The van der Waals surface area contributed by atoms with Crippen molar-refractivity contribution >= 4 is 28.3 Å². The van der Waals surface area contributed by atoms with Gasteiger partial charge in [-0.15, -0.1) is 5.10 Å². The predicted molar refractivity (Wildman–Crippen MR) is 127 cm³/mol. The van der Waals surface area contributed by atoms with Gasteiger partial charge in [0.15, 0.2) is 5.82 Å². The third-order valence-corrected chi connectivity index (χ3v) is 6.77. The van der Waals surface area contributed by atoms with Crippen molar-refractivity contribution in [2.45, 2.75) is 39.2 Å². The van der Waals surface area contributed by atoms with Gasteiger partial charge in [-0.1, -0.05) is 18.2 Å². The minimum atomic E-state index is -2.89. The lowest BCUT2D eigenvalue weighted by molar-refractivity contribution is -0.132. The van der Waals surface area contributed by atoms with Gasteiger partial charge in [-0.25, -0.2) is 13.2 Å². The summed E-state index contributed by atoms with van der Waals surface area (Å²) in [5, 5.41) is 12.3. The normalized spacial score (nSPS) is 17.2. The van der Waals surface area contributed by atoms with E-state index in [0.717, 1.165) is 24.6 Å². The van der Waals surface area contributed by atoms with Crippen LogP contribution in [-0.4, -0.2) is 52.2 Å². The van der Waals surface area contributed by atoms with Crippen LogP contribution in [0.1, 0.15) is 49.1 Å². The van der Waals surface area contributed by atoms with Crippen molar-refractivity contribution in [1.82, 2.24) is 20.1 Å². The molecule has 0 radical (unpaired) electrons. The van der Waals surface area contributed by atoms with Crippen LogP contribution in [0.4, 0.5) is 24.7 Å². The van der Waals surface area contributed by atoms with E-state index in [1.54, 1.807) is 13.1 Å². The van der Waals surface area contributed by atoms with E-state index in [4.69, 9.17) is 0 Å². The highest BCUT2D eigenvalue weighted by atomic mass is 19.3. The first kappa shape index (κ1) is 23.3. The van der Waals surface area contributed by atoms with Crippen LogP contribution in [0.5, 0.6) is 0 Å². The van der Waals surface area contributed by atoms with Crippen LogP contribution in [0.3, 0.4) is 0 Å². The fraction of sp³-hybridized carbons (Fsp3) is 0.440. The van der Waals surface area contributed by atoms with E-state index in [-0.39, 0.29) is 17.4 Å². The molecule has 35 heavy (non-hydrogen) atoms. The molecule has 10 heteroatoms. The second-order valence-corrected chi connectivity index (χ2v) is 9.23. The van der Waals surface area contributed by atoms with Gasteiger partial charge in [-0.3, -0.25) is 9.78 Å². The molecule has 7 nitrogen and oxygen atoms in total. The number of aryl methyl sites for hydroxylation is 1. The Hall–Kier alpha value is -3.43. The van der Waals surface area contributed by atoms with Crippen LogP contribution in [0.25, 0.3) is 10.9 Å². The second kappa shape index (κ2) is 9.31. The number of halogens is 3. The molecule has 1 atom stereocenters. The fourth-order valence-electron chi connectivity index (χ4n) is 4.56. The number of pyridine rings is 1. The van der Waals surface area contributed by atoms with E-state index in [9.17, 15) is 18.0 Å². The summed E-state index contributed by atoms with van der Waals surface area (Å²) in [5.74, 6) is -0.0516. The summed E-state index contributed by atoms with van der Waals surface area (Å²) in [5.41, 5.74) is 1.70. The number of anilines is 2. The number of fused-ring (bicyclic) bond motifs is 1. The number of hydrogen-bond acceptors (Lipinski definition) is 6. The summed E-state index contributed by atoms with van der Waals surface area (Å²) in [6, 6.07) is 5.32. The molecule has 1 aromatic carbocycles. The Labute approximate surface area is 201 Å². The van der Waals surface area contributed by atoms with E-state index in [1.165, 1.54) is 12.1 Å². The van der Waals surface area contributed by atoms with Gasteiger partial charge >= 0.3 is 0 Å². The van der Waals surface area contributed by atoms with Gasteiger partial charge in [0.05, 0.1) is 34.7 Å². The summed E-state index contributed by atoms with van der Waals surface area (Å²) in [7, 11) is 0. The van der Waals surface area contributed by atoms with E-state index < -0.39 is 23.8 Å². The minimum Gasteiger partial charge on any atom is -0.367 e. The van der Waals surface area contributed by atoms with E-state index in [2.05, 4.69) is 25.4 Å². The Bertz CT molecular complexity index is 1260. The van der Waals surface area contributed by atoms with Crippen molar-refractivity contribution < 1.29 is 18.0 Å². The smallest absolute Gasteiger partial charge is 0.266 e. The Morgan fingerprint density at radius 3 is 2.51 bits per heavy atom. The molecule has 1 aliphatic heterocycles. The number of hydrogen-bond donors (Lipinski definition) is 1. The molecule has 2 fully saturated rings. The number of amides is 1. The highest BCUT2D eigenvalue weighted by Crippen LogP contribution is 2.33. The summed E-state index contributed by atoms with van der Waals surface area (Å²) in [6.45, 7) is 6.24. The average Bonchev–Trinajstić information content (AvgIpc) is 3.71. The SMILES string of the molecule is Cc1nnc(N[C@H](C)c2cccc(C(F)F)c2F)c2cc(N3CCN(C(=O)C4CC4)CC3)cnc12. The van der Waals surface area contributed by atoms with Crippen LogP contribution in [0, 0.1) is 18.7 Å². The molecule has 2 aliphatic rings. The number of nitrogens with one attached hydrogen (secondary N) is 1. The first-order valence-corrected chi connectivity index (χ1v) is 11.8. The van der Waals surface area contributed by atoms with Gasteiger partial charge in [0.2, 0.25) is 5.91 Å². The molecule has 1 aliphatic carbocycles. The lowest BCUT2D eigenvalue weighted by Gasteiger charge is -2.36. The van der Waals surface area contributed by atoms with Crippen molar-refractivity contribution in [1.29, 1.82) is 0 Å². The molecule has 3 heterocycles. The Balaban J connectivity index is 1.39. The fourth-order valence-corrected chi connectivity index (χ4v) is 4.56. The number of rotatable bonds is 6. The Kier molecular flexibility index (Phi) is 6.21. The third kappa shape index (κ3) is 4.61. The maximum Gasteiger partial charge on any atom is 0.266 e. The van der Waals surface area contributed by atoms with E-state index in [1.807, 2.05) is 17.9 Å². The number of nitrogens with zero attached hydrogens (tertiary/aromatic N) is 5. The predicted octanol–water partition coefficient (Wildman–Crippen LogP) is 4.64. The van der Waals surface area contributed by atoms with Crippen LogP contribution in [-0.2, 0) is 4.79 Å². The molecular formula is C25H27F3N6O. The monoisotopic (exact) mass is 484 g/mol. The molecule has 1 amide bonds. The first-order chi connectivity index (χ1) is 16.8. The van der Waals surface area contributed by atoms with Crippen molar-refractivity contribution in [3.63, 3.8) is 0 Å². The summed E-state index contributed by atoms with van der Waals surface area (Å²) >= 11 is 0. The molecule has 1 saturated carbocycles. The standard InChI is InChI=1S/C25H27F3N6O/c1-14(18-4-3-5-19(21(18)26)23(27)28)30-24-20-12-17(13-29-22(20)15(2)31-32-24)33-8-10-34(11-9-33)25(35)16-6-7-16/h3-5,12-14,16,23H,6-11H2,1-2H3,(H,30,32)/t14-/m1/s1. The molecule has 3 aromatic rings. The summed E-state index contributed by atoms with van der Waals surface area (Å²) < 4.78 is 41.0. The van der Waals surface area contributed by atoms with Gasteiger partial charge in [0, 0.05) is 43.0 Å². The zero-order valence-electron chi connectivity index (χ0n) is 19.6. The van der Waals surface area contributed by atoms with Crippen LogP contribution < -0.4 is 10.2 Å². The van der Waals surface area contributed by atoms with Gasteiger partial charge in [0.25, 0.3) is 6.43 Å². The van der Waals surface area contributed by atoms with Gasteiger partial charge < -0.3 is 15.1 Å². The first-order valence-electron chi connectivity index (χ1n) is 11.8. The minimum absolute atomic E-state index is 0.124. The number of benzene rings is 1. The number of carbonyl (C=O) groups excluding carboxylic acids is 1. The third-order valence-electron chi connectivity index (χ3n) is 6.77. The average molecular weight is 485 g/mol. The Morgan fingerprint density at radius 2 is 1.83 bits per heavy atom. The van der Waals surface area contributed by atoms with E-state index >= 15 is 0 Å². The lowest BCUT2D eigenvalue weighted by Crippen LogP contribution is -2.49. The van der Waals surface area contributed by atoms with Crippen LogP contribution in [0.15, 0.2) is 30.5 Å².